The smallest absolute Gasteiger partial charge is 0.220 e. The molecule has 0 atom stereocenters. The van der Waals surface area contributed by atoms with Gasteiger partial charge in [-0.3, -0.25) is 4.79 Å². The van der Waals surface area contributed by atoms with Gasteiger partial charge in [0, 0.05) is 12.5 Å². The molecule has 2 N–H and O–H groups in total. The molecule has 0 aromatic heterocycles. The molecule has 0 unspecified atom stereocenters. The number of carbonyl (C=O) groups excluding carboxylic acids is 1. The average molecular weight is 292 g/mol. The van der Waals surface area contributed by atoms with Crippen molar-refractivity contribution in [3.8, 4) is 5.75 Å². The van der Waals surface area contributed by atoms with E-state index in [4.69, 9.17) is 15.2 Å². The van der Waals surface area contributed by atoms with Crippen LogP contribution in [0.4, 0.5) is 0 Å². The van der Waals surface area contributed by atoms with Gasteiger partial charge in [0.05, 0.1) is 13.2 Å². The van der Waals surface area contributed by atoms with Crippen LogP contribution in [0.1, 0.15) is 12.8 Å². The Morgan fingerprint density at radius 1 is 1.14 bits per heavy atom. The molecule has 1 heterocycles. The first-order valence-corrected chi connectivity index (χ1v) is 7.53. The van der Waals surface area contributed by atoms with Crippen LogP contribution >= 0.6 is 0 Å². The Balaban J connectivity index is 1.48. The summed E-state index contributed by atoms with van der Waals surface area (Å²) in [7, 11) is 0. The van der Waals surface area contributed by atoms with Crippen molar-refractivity contribution in [3.05, 3.63) is 30.3 Å². The Morgan fingerprint density at radius 3 is 2.52 bits per heavy atom. The van der Waals surface area contributed by atoms with Gasteiger partial charge in [-0.15, -0.1) is 0 Å². The van der Waals surface area contributed by atoms with Crippen LogP contribution in [0.3, 0.4) is 0 Å². The number of hydrogen-bond acceptors (Lipinski definition) is 4. The topological polar surface area (TPSA) is 64.8 Å². The number of likely N-dealkylation sites (tertiary alicyclic amines) is 1. The summed E-state index contributed by atoms with van der Waals surface area (Å²) in [6.07, 6.45) is 1.74. The van der Waals surface area contributed by atoms with Crippen LogP contribution in [-0.4, -0.2) is 50.3 Å². The fraction of sp³-hybridized carbons (Fsp3) is 0.562. The molecule has 1 aromatic carbocycles. The van der Waals surface area contributed by atoms with Crippen LogP contribution in [-0.2, 0) is 9.53 Å². The summed E-state index contributed by atoms with van der Waals surface area (Å²) in [5.74, 6) is 0.764. The van der Waals surface area contributed by atoms with E-state index in [2.05, 4.69) is 4.90 Å². The highest BCUT2D eigenvalue weighted by Gasteiger charge is 2.22. The lowest BCUT2D eigenvalue weighted by atomic mass is 9.96. The number of ether oxygens (including phenoxy) is 2. The van der Waals surface area contributed by atoms with Crippen molar-refractivity contribution < 1.29 is 14.3 Å². The molecule has 21 heavy (non-hydrogen) atoms. The van der Waals surface area contributed by atoms with Gasteiger partial charge in [0.1, 0.15) is 12.4 Å². The molecule has 1 amide bonds. The second-order valence-electron chi connectivity index (χ2n) is 5.29. The van der Waals surface area contributed by atoms with Crippen LogP contribution in [0.5, 0.6) is 5.75 Å². The molecule has 0 radical (unpaired) electrons. The molecule has 1 fully saturated rings. The number of nitrogens with zero attached hydrogens (tertiary/aromatic N) is 1. The van der Waals surface area contributed by atoms with Gasteiger partial charge in [-0.2, -0.15) is 0 Å². The summed E-state index contributed by atoms with van der Waals surface area (Å²) in [5.41, 5.74) is 5.32. The SMILES string of the molecule is NC(=O)C1CCN(CCOCCOc2ccccc2)CC1. The fourth-order valence-electron chi connectivity index (χ4n) is 2.47. The van der Waals surface area contributed by atoms with Crippen LogP contribution in [0, 0.1) is 5.92 Å². The number of hydrogen-bond donors (Lipinski definition) is 1. The molecule has 0 saturated carbocycles. The number of carbonyl (C=O) groups is 1. The highest BCUT2D eigenvalue weighted by atomic mass is 16.5. The molecule has 116 valence electrons. The molecule has 0 bridgehead atoms. The molecule has 0 aliphatic carbocycles. The molecular weight excluding hydrogens is 268 g/mol. The Bertz CT molecular complexity index is 417. The van der Waals surface area contributed by atoms with E-state index in [9.17, 15) is 4.79 Å². The minimum atomic E-state index is -0.163. The van der Waals surface area contributed by atoms with E-state index in [1.54, 1.807) is 0 Å². The molecule has 2 rings (SSSR count). The third-order valence-corrected chi connectivity index (χ3v) is 3.78. The van der Waals surface area contributed by atoms with Gasteiger partial charge >= 0.3 is 0 Å². The number of amides is 1. The summed E-state index contributed by atoms with van der Waals surface area (Å²) < 4.78 is 11.1. The van der Waals surface area contributed by atoms with E-state index < -0.39 is 0 Å². The largest absolute Gasteiger partial charge is 0.491 e. The second kappa shape index (κ2) is 8.64. The lowest BCUT2D eigenvalue weighted by molar-refractivity contribution is -0.123. The van der Waals surface area contributed by atoms with E-state index in [-0.39, 0.29) is 11.8 Å². The van der Waals surface area contributed by atoms with Crippen molar-refractivity contribution >= 4 is 5.91 Å². The first kappa shape index (κ1) is 15.8. The quantitative estimate of drug-likeness (QED) is 0.733. The van der Waals surface area contributed by atoms with Gasteiger partial charge < -0.3 is 20.1 Å². The zero-order chi connectivity index (χ0) is 14.9. The maximum absolute atomic E-state index is 11.1. The van der Waals surface area contributed by atoms with Gasteiger partial charge in [-0.25, -0.2) is 0 Å². The van der Waals surface area contributed by atoms with Gasteiger partial charge in [0.15, 0.2) is 0 Å². The number of rotatable bonds is 8. The highest BCUT2D eigenvalue weighted by Crippen LogP contribution is 2.16. The molecular formula is C16H24N2O3. The molecule has 1 aromatic rings. The molecule has 1 aliphatic heterocycles. The van der Waals surface area contributed by atoms with Crippen molar-refractivity contribution in [2.45, 2.75) is 12.8 Å². The van der Waals surface area contributed by atoms with E-state index >= 15 is 0 Å². The number of nitrogens with two attached hydrogens (primary N) is 1. The minimum absolute atomic E-state index is 0.0569. The van der Waals surface area contributed by atoms with Crippen LogP contribution in [0.2, 0.25) is 0 Å². The van der Waals surface area contributed by atoms with E-state index in [1.807, 2.05) is 30.3 Å². The average Bonchev–Trinajstić information content (AvgIpc) is 2.52. The highest BCUT2D eigenvalue weighted by molar-refractivity contribution is 5.76. The maximum Gasteiger partial charge on any atom is 0.220 e. The Labute approximate surface area is 126 Å². The van der Waals surface area contributed by atoms with Crippen molar-refractivity contribution in [1.82, 2.24) is 4.90 Å². The lowest BCUT2D eigenvalue weighted by Crippen LogP contribution is -2.40. The monoisotopic (exact) mass is 292 g/mol. The van der Waals surface area contributed by atoms with E-state index in [0.29, 0.717) is 19.8 Å². The molecule has 1 saturated heterocycles. The van der Waals surface area contributed by atoms with Crippen LogP contribution in [0.15, 0.2) is 30.3 Å². The maximum atomic E-state index is 11.1. The van der Waals surface area contributed by atoms with Crippen LogP contribution < -0.4 is 10.5 Å². The predicted octanol–water partition coefficient (Wildman–Crippen LogP) is 1.28. The summed E-state index contributed by atoms with van der Waals surface area (Å²) in [4.78, 5) is 13.4. The summed E-state index contributed by atoms with van der Waals surface area (Å²) >= 11 is 0. The molecule has 5 nitrogen and oxygen atoms in total. The Kier molecular flexibility index (Phi) is 6.50. The summed E-state index contributed by atoms with van der Waals surface area (Å²) in [6.45, 7) is 4.60. The number of primary amides is 1. The normalized spacial score (nSPS) is 16.8. The first-order valence-electron chi connectivity index (χ1n) is 7.53. The third kappa shape index (κ3) is 5.73. The van der Waals surface area contributed by atoms with Crippen molar-refractivity contribution in [2.75, 3.05) is 39.5 Å². The zero-order valence-electron chi connectivity index (χ0n) is 12.4. The Morgan fingerprint density at radius 2 is 1.86 bits per heavy atom. The first-order chi connectivity index (χ1) is 10.3. The number of para-hydroxylation sites is 1. The number of benzene rings is 1. The van der Waals surface area contributed by atoms with Gasteiger partial charge in [0.25, 0.3) is 0 Å². The summed E-state index contributed by atoms with van der Waals surface area (Å²) in [5, 5.41) is 0. The van der Waals surface area contributed by atoms with Gasteiger partial charge in [-0.1, -0.05) is 18.2 Å². The van der Waals surface area contributed by atoms with Gasteiger partial charge in [-0.05, 0) is 38.1 Å². The second-order valence-corrected chi connectivity index (χ2v) is 5.29. The minimum Gasteiger partial charge on any atom is -0.491 e. The fourth-order valence-corrected chi connectivity index (χ4v) is 2.47. The number of piperidine rings is 1. The third-order valence-electron chi connectivity index (χ3n) is 3.78. The standard InChI is InChI=1S/C16H24N2O3/c17-16(19)14-6-8-18(9-7-14)10-11-20-12-13-21-15-4-2-1-3-5-15/h1-5,14H,6-13H2,(H2,17,19). The van der Waals surface area contributed by atoms with Gasteiger partial charge in [0.2, 0.25) is 5.91 Å². The van der Waals surface area contributed by atoms with E-state index in [1.165, 1.54) is 0 Å². The summed E-state index contributed by atoms with van der Waals surface area (Å²) in [6, 6.07) is 9.73. The van der Waals surface area contributed by atoms with Crippen molar-refractivity contribution in [1.29, 1.82) is 0 Å². The van der Waals surface area contributed by atoms with Crippen molar-refractivity contribution in [3.63, 3.8) is 0 Å². The van der Waals surface area contributed by atoms with E-state index in [0.717, 1.165) is 38.2 Å². The molecule has 1 aliphatic rings. The lowest BCUT2D eigenvalue weighted by Gasteiger charge is -2.30. The predicted molar refractivity (Wildman–Crippen MR) is 81.1 cm³/mol. The zero-order valence-corrected chi connectivity index (χ0v) is 12.4. The molecule has 5 heteroatoms. The Hall–Kier alpha value is -1.59. The molecule has 0 spiro atoms. The van der Waals surface area contributed by atoms with Crippen LogP contribution in [0.25, 0.3) is 0 Å². The van der Waals surface area contributed by atoms with Crippen molar-refractivity contribution in [2.24, 2.45) is 11.7 Å².